The van der Waals surface area contributed by atoms with Crippen LogP contribution in [0.5, 0.6) is 0 Å². The van der Waals surface area contributed by atoms with Crippen LogP contribution in [-0.2, 0) is 14.3 Å². The number of alkyl halides is 2. The van der Waals surface area contributed by atoms with Gasteiger partial charge in [0.25, 0.3) is 0 Å². The Morgan fingerprint density at radius 2 is 2.07 bits per heavy atom. The molecule has 5 heteroatoms. The van der Waals surface area contributed by atoms with E-state index in [0.717, 1.165) is 19.3 Å². The topological polar surface area (TPSA) is 38.8 Å². The molecule has 1 aliphatic heterocycles. The molecule has 0 bridgehead atoms. The number of ether oxygens (including phenoxy) is 2. The smallest absolute Gasteiger partial charge is 0.309 e. The Morgan fingerprint density at radius 3 is 2.67 bits per heavy atom. The fraction of sp³-hybridized carbons (Fsp3) is 0.900. The lowest BCUT2D eigenvalue weighted by atomic mass is 9.89. The normalized spacial score (nSPS) is 33.7. The van der Waals surface area contributed by atoms with Gasteiger partial charge in [0.2, 0.25) is 0 Å². The number of carbonyl (C=O) groups excluding carboxylic acids is 1. The zero-order valence-electron chi connectivity index (χ0n) is 8.33. The summed E-state index contributed by atoms with van der Waals surface area (Å²) in [6, 6.07) is 0. The average molecular weight is 253 g/mol. The molecule has 0 aromatic carbocycles. The maximum Gasteiger partial charge on any atom is 0.309 e. The van der Waals surface area contributed by atoms with Gasteiger partial charge in [-0.3, -0.25) is 4.79 Å². The van der Waals surface area contributed by atoms with Crippen molar-refractivity contribution in [2.24, 2.45) is 5.92 Å². The average Bonchev–Trinajstić information content (AvgIpc) is 3.03. The molecule has 86 valence electrons. The first-order chi connectivity index (χ1) is 7.24. The van der Waals surface area contributed by atoms with E-state index in [-0.39, 0.29) is 29.8 Å². The number of esters is 1. The fourth-order valence-electron chi connectivity index (χ4n) is 1.98. The third kappa shape index (κ3) is 2.77. The van der Waals surface area contributed by atoms with Crippen molar-refractivity contribution in [3.8, 4) is 0 Å². The summed E-state index contributed by atoms with van der Waals surface area (Å²) in [6.45, 7) is 0. The van der Waals surface area contributed by atoms with E-state index in [1.165, 1.54) is 0 Å². The van der Waals surface area contributed by atoms with Gasteiger partial charge in [-0.05, 0) is 19.3 Å². The zero-order chi connectivity index (χ0) is 10.8. The van der Waals surface area contributed by atoms with Crippen LogP contribution >= 0.6 is 23.2 Å². The summed E-state index contributed by atoms with van der Waals surface area (Å²) >= 11 is 11.2. The van der Waals surface area contributed by atoms with Crippen molar-refractivity contribution in [2.45, 2.75) is 37.6 Å². The lowest BCUT2D eigenvalue weighted by molar-refractivity contribution is -0.153. The Labute approximate surface area is 99.0 Å². The zero-order valence-corrected chi connectivity index (χ0v) is 9.84. The van der Waals surface area contributed by atoms with Gasteiger partial charge in [-0.15, -0.1) is 23.2 Å². The molecular formula is C10H14Cl2O3. The Morgan fingerprint density at radius 1 is 1.33 bits per heavy atom. The number of hydrogen-bond donors (Lipinski definition) is 0. The summed E-state index contributed by atoms with van der Waals surface area (Å²) in [5.41, 5.74) is 0. The van der Waals surface area contributed by atoms with Crippen LogP contribution < -0.4 is 0 Å². The predicted molar refractivity (Wildman–Crippen MR) is 57.3 cm³/mol. The predicted octanol–water partition coefficient (Wildman–Crippen LogP) is 1.94. The number of rotatable bonds is 4. The number of carbonyl (C=O) groups is 1. The largest absolute Gasteiger partial charge is 0.460 e. The summed E-state index contributed by atoms with van der Waals surface area (Å²) in [4.78, 5) is 11.7. The standard InChI is InChI=1S/C10H14Cl2O3/c11-4-7(5-12)14-10(13)6-1-2-8-9(3-6)15-8/h6-9H,1-5H2/t6-,8-,9-/m1/s1. The molecule has 3 nitrogen and oxygen atoms in total. The second-order valence-corrected chi connectivity index (χ2v) is 4.71. The van der Waals surface area contributed by atoms with Crippen molar-refractivity contribution in [1.82, 2.24) is 0 Å². The van der Waals surface area contributed by atoms with E-state index < -0.39 is 0 Å². The van der Waals surface area contributed by atoms with Crippen LogP contribution in [0, 0.1) is 5.92 Å². The van der Waals surface area contributed by atoms with Crippen molar-refractivity contribution in [3.63, 3.8) is 0 Å². The van der Waals surface area contributed by atoms with E-state index in [1.807, 2.05) is 0 Å². The van der Waals surface area contributed by atoms with Gasteiger partial charge in [-0.2, -0.15) is 0 Å². The molecule has 1 saturated carbocycles. The molecule has 0 aromatic rings. The van der Waals surface area contributed by atoms with Gasteiger partial charge in [0.1, 0.15) is 6.10 Å². The van der Waals surface area contributed by atoms with Gasteiger partial charge in [-0.1, -0.05) is 0 Å². The summed E-state index contributed by atoms with van der Waals surface area (Å²) in [7, 11) is 0. The summed E-state index contributed by atoms with van der Waals surface area (Å²) in [5, 5.41) is 0. The van der Waals surface area contributed by atoms with Gasteiger partial charge in [0, 0.05) is 0 Å². The second-order valence-electron chi connectivity index (χ2n) is 4.09. The van der Waals surface area contributed by atoms with E-state index in [1.54, 1.807) is 0 Å². The van der Waals surface area contributed by atoms with Crippen LogP contribution in [0.4, 0.5) is 0 Å². The van der Waals surface area contributed by atoms with E-state index in [0.29, 0.717) is 12.2 Å². The molecule has 2 fully saturated rings. The van der Waals surface area contributed by atoms with Crippen molar-refractivity contribution in [3.05, 3.63) is 0 Å². The number of epoxide rings is 1. The Hall–Kier alpha value is 0.01000. The molecule has 0 spiro atoms. The molecule has 0 unspecified atom stereocenters. The van der Waals surface area contributed by atoms with Crippen molar-refractivity contribution < 1.29 is 14.3 Å². The van der Waals surface area contributed by atoms with Crippen LogP contribution in [0.3, 0.4) is 0 Å². The van der Waals surface area contributed by atoms with E-state index in [9.17, 15) is 4.79 Å². The van der Waals surface area contributed by atoms with Crippen LogP contribution in [-0.4, -0.2) is 36.0 Å². The van der Waals surface area contributed by atoms with E-state index in [4.69, 9.17) is 32.7 Å². The summed E-state index contributed by atoms with van der Waals surface area (Å²) < 4.78 is 10.6. The van der Waals surface area contributed by atoms with Crippen molar-refractivity contribution in [2.75, 3.05) is 11.8 Å². The van der Waals surface area contributed by atoms with Gasteiger partial charge in [0.05, 0.1) is 29.9 Å². The molecule has 1 aliphatic carbocycles. The van der Waals surface area contributed by atoms with Crippen molar-refractivity contribution >= 4 is 29.2 Å². The highest BCUT2D eigenvalue weighted by Gasteiger charge is 2.46. The third-order valence-electron chi connectivity index (χ3n) is 2.96. The van der Waals surface area contributed by atoms with Gasteiger partial charge in [0.15, 0.2) is 0 Å². The minimum atomic E-state index is -0.362. The molecule has 2 rings (SSSR count). The first kappa shape index (κ1) is 11.5. The Bertz CT molecular complexity index is 243. The quantitative estimate of drug-likeness (QED) is 0.436. The lowest BCUT2D eigenvalue weighted by Crippen LogP contribution is -2.29. The molecular weight excluding hydrogens is 239 g/mol. The number of halogens is 2. The second kappa shape index (κ2) is 4.89. The monoisotopic (exact) mass is 252 g/mol. The summed E-state index contributed by atoms with van der Waals surface area (Å²) in [6.07, 6.45) is 2.96. The lowest BCUT2D eigenvalue weighted by Gasteiger charge is -2.20. The Kier molecular flexibility index (Phi) is 3.75. The highest BCUT2D eigenvalue weighted by atomic mass is 35.5. The van der Waals surface area contributed by atoms with Crippen molar-refractivity contribution in [1.29, 1.82) is 0 Å². The first-order valence-corrected chi connectivity index (χ1v) is 6.29. The number of hydrogen-bond acceptors (Lipinski definition) is 3. The molecule has 0 N–H and O–H groups in total. The van der Waals surface area contributed by atoms with Crippen LogP contribution in [0.25, 0.3) is 0 Å². The van der Waals surface area contributed by atoms with Crippen LogP contribution in [0.2, 0.25) is 0 Å². The first-order valence-electron chi connectivity index (χ1n) is 5.22. The van der Waals surface area contributed by atoms with Gasteiger partial charge < -0.3 is 9.47 Å². The Balaban J connectivity index is 1.79. The molecule has 0 radical (unpaired) electrons. The SMILES string of the molecule is O=C(OC(CCl)CCl)[C@@H]1CC[C@H]2O[C@@H]2C1. The molecule has 2 aliphatic rings. The van der Waals surface area contributed by atoms with Gasteiger partial charge >= 0.3 is 5.97 Å². The van der Waals surface area contributed by atoms with Crippen LogP contribution in [0.1, 0.15) is 19.3 Å². The van der Waals surface area contributed by atoms with Crippen LogP contribution in [0.15, 0.2) is 0 Å². The molecule has 15 heavy (non-hydrogen) atoms. The maximum atomic E-state index is 11.7. The van der Waals surface area contributed by atoms with E-state index >= 15 is 0 Å². The molecule has 1 saturated heterocycles. The van der Waals surface area contributed by atoms with Gasteiger partial charge in [-0.25, -0.2) is 0 Å². The maximum absolute atomic E-state index is 11.7. The minimum Gasteiger partial charge on any atom is -0.460 e. The molecule has 0 amide bonds. The summed E-state index contributed by atoms with van der Waals surface area (Å²) in [5.74, 6) is 0.313. The molecule has 3 atom stereocenters. The third-order valence-corrected chi connectivity index (χ3v) is 3.65. The fourth-order valence-corrected chi connectivity index (χ4v) is 2.44. The number of fused-ring (bicyclic) bond motifs is 1. The minimum absolute atomic E-state index is 0.0253. The molecule has 1 heterocycles. The molecule has 0 aromatic heterocycles. The van der Waals surface area contributed by atoms with E-state index in [2.05, 4.69) is 0 Å². The highest BCUT2D eigenvalue weighted by molar-refractivity contribution is 6.21. The highest BCUT2D eigenvalue weighted by Crippen LogP contribution is 2.39.